The molecule has 0 fully saturated rings. The Morgan fingerprint density at radius 2 is 1.93 bits per heavy atom. The zero-order valence-corrected chi connectivity index (χ0v) is 15.5. The summed E-state index contributed by atoms with van der Waals surface area (Å²) in [5, 5.41) is 7.26. The van der Waals surface area contributed by atoms with E-state index in [2.05, 4.69) is 20.6 Å². The lowest BCUT2D eigenvalue weighted by molar-refractivity contribution is 0.382. The smallest absolute Gasteiger partial charge is 0.248 e. The number of fused-ring (bicyclic) bond motifs is 2. The highest BCUT2D eigenvalue weighted by molar-refractivity contribution is 6.30. The SMILES string of the molecule is COc1cc(OC)c2c(c1)Oc1ncnc(Nc3ccc(Cl)cc3)c1NC2. The van der Waals surface area contributed by atoms with Gasteiger partial charge < -0.3 is 24.8 Å². The van der Waals surface area contributed by atoms with E-state index in [0.29, 0.717) is 46.2 Å². The van der Waals surface area contributed by atoms with Gasteiger partial charge in [0.15, 0.2) is 5.82 Å². The van der Waals surface area contributed by atoms with E-state index in [4.69, 9.17) is 25.8 Å². The molecule has 138 valence electrons. The molecule has 0 radical (unpaired) electrons. The molecule has 0 amide bonds. The van der Waals surface area contributed by atoms with Crippen molar-refractivity contribution in [3.05, 3.63) is 53.3 Å². The van der Waals surface area contributed by atoms with Crippen LogP contribution in [0.4, 0.5) is 17.2 Å². The zero-order chi connectivity index (χ0) is 18.8. The van der Waals surface area contributed by atoms with Crippen LogP contribution in [-0.4, -0.2) is 24.2 Å². The van der Waals surface area contributed by atoms with Crippen molar-refractivity contribution < 1.29 is 14.2 Å². The fourth-order valence-electron chi connectivity index (χ4n) is 2.81. The molecule has 0 atom stereocenters. The summed E-state index contributed by atoms with van der Waals surface area (Å²) in [6, 6.07) is 11.0. The van der Waals surface area contributed by atoms with Crippen LogP contribution in [0.1, 0.15) is 5.56 Å². The standard InChI is InChI=1S/C19H17ClN4O3/c1-25-13-7-15(26-2)14-9-21-17-18(24-12-5-3-11(20)4-6-12)22-10-23-19(17)27-16(14)8-13/h3-8,10,21H,9H2,1-2H3,(H,22,23,24). The van der Waals surface area contributed by atoms with Gasteiger partial charge in [0.05, 0.1) is 19.8 Å². The van der Waals surface area contributed by atoms with Gasteiger partial charge in [-0.2, -0.15) is 4.98 Å². The molecular weight excluding hydrogens is 368 g/mol. The Balaban J connectivity index is 1.71. The van der Waals surface area contributed by atoms with Crippen molar-refractivity contribution in [1.29, 1.82) is 0 Å². The third-order valence-electron chi connectivity index (χ3n) is 4.17. The zero-order valence-electron chi connectivity index (χ0n) is 14.7. The second-order valence-electron chi connectivity index (χ2n) is 5.80. The second kappa shape index (κ2) is 7.20. The third-order valence-corrected chi connectivity index (χ3v) is 4.42. The maximum Gasteiger partial charge on any atom is 0.248 e. The minimum atomic E-state index is 0.413. The summed E-state index contributed by atoms with van der Waals surface area (Å²) >= 11 is 5.95. The first-order valence-corrected chi connectivity index (χ1v) is 8.60. The molecule has 0 bridgehead atoms. The van der Waals surface area contributed by atoms with Crippen molar-refractivity contribution in [2.75, 3.05) is 24.9 Å². The molecule has 0 saturated heterocycles. The average Bonchev–Trinajstić information content (AvgIpc) is 2.88. The summed E-state index contributed by atoms with van der Waals surface area (Å²) in [5.74, 6) is 2.94. The normalized spacial score (nSPS) is 12.0. The predicted octanol–water partition coefficient (Wildman–Crippen LogP) is 4.61. The molecule has 0 unspecified atom stereocenters. The number of benzene rings is 2. The quantitative estimate of drug-likeness (QED) is 0.680. The van der Waals surface area contributed by atoms with Crippen LogP contribution in [0.25, 0.3) is 0 Å². The molecule has 1 aliphatic rings. The van der Waals surface area contributed by atoms with Crippen LogP contribution < -0.4 is 24.8 Å². The van der Waals surface area contributed by atoms with Crippen LogP contribution >= 0.6 is 11.6 Å². The van der Waals surface area contributed by atoms with Gasteiger partial charge in [-0.05, 0) is 24.3 Å². The molecule has 0 aliphatic carbocycles. The van der Waals surface area contributed by atoms with E-state index in [-0.39, 0.29) is 0 Å². The lowest BCUT2D eigenvalue weighted by atomic mass is 10.1. The van der Waals surface area contributed by atoms with Crippen molar-refractivity contribution >= 4 is 28.8 Å². The van der Waals surface area contributed by atoms with Crippen LogP contribution in [0, 0.1) is 0 Å². The first-order chi connectivity index (χ1) is 13.2. The van der Waals surface area contributed by atoms with Crippen molar-refractivity contribution in [3.63, 3.8) is 0 Å². The van der Waals surface area contributed by atoms with Gasteiger partial charge in [-0.3, -0.25) is 0 Å². The first-order valence-electron chi connectivity index (χ1n) is 8.22. The highest BCUT2D eigenvalue weighted by Crippen LogP contribution is 2.43. The number of aromatic nitrogens is 2. The first kappa shape index (κ1) is 17.2. The van der Waals surface area contributed by atoms with E-state index in [1.54, 1.807) is 26.4 Å². The highest BCUT2D eigenvalue weighted by atomic mass is 35.5. The van der Waals surface area contributed by atoms with E-state index >= 15 is 0 Å². The number of nitrogens with one attached hydrogen (secondary N) is 2. The van der Waals surface area contributed by atoms with Crippen LogP contribution in [0.5, 0.6) is 23.1 Å². The fourth-order valence-corrected chi connectivity index (χ4v) is 2.94. The van der Waals surface area contributed by atoms with Gasteiger partial charge in [-0.25, -0.2) is 4.98 Å². The van der Waals surface area contributed by atoms with Crippen LogP contribution in [0.3, 0.4) is 0 Å². The van der Waals surface area contributed by atoms with Crippen molar-refractivity contribution in [2.45, 2.75) is 6.54 Å². The molecule has 27 heavy (non-hydrogen) atoms. The molecule has 2 heterocycles. The monoisotopic (exact) mass is 384 g/mol. The largest absolute Gasteiger partial charge is 0.496 e. The lowest BCUT2D eigenvalue weighted by Crippen LogP contribution is -2.04. The summed E-state index contributed by atoms with van der Waals surface area (Å²) in [6.45, 7) is 0.484. The summed E-state index contributed by atoms with van der Waals surface area (Å²) < 4.78 is 16.9. The highest BCUT2D eigenvalue weighted by Gasteiger charge is 2.23. The molecule has 8 heteroatoms. The summed E-state index contributed by atoms with van der Waals surface area (Å²) in [7, 11) is 3.21. The molecule has 3 aromatic rings. The molecule has 2 aromatic carbocycles. The predicted molar refractivity (Wildman–Crippen MR) is 104 cm³/mol. The summed E-state index contributed by atoms with van der Waals surface area (Å²) in [6.07, 6.45) is 1.45. The van der Waals surface area contributed by atoms with Crippen LogP contribution in [-0.2, 0) is 6.54 Å². The third kappa shape index (κ3) is 3.41. The number of methoxy groups -OCH3 is 2. The second-order valence-corrected chi connectivity index (χ2v) is 6.23. The van der Waals surface area contributed by atoms with Crippen molar-refractivity contribution in [3.8, 4) is 23.1 Å². The van der Waals surface area contributed by atoms with Crippen LogP contribution in [0.2, 0.25) is 5.02 Å². The van der Waals surface area contributed by atoms with Gasteiger partial charge in [-0.1, -0.05) is 11.6 Å². The average molecular weight is 385 g/mol. The van der Waals surface area contributed by atoms with Crippen molar-refractivity contribution in [2.24, 2.45) is 0 Å². The van der Waals surface area contributed by atoms with E-state index in [1.807, 2.05) is 24.3 Å². The number of anilines is 3. The Morgan fingerprint density at radius 3 is 2.67 bits per heavy atom. The molecular formula is C19H17ClN4O3. The van der Waals surface area contributed by atoms with Gasteiger partial charge >= 0.3 is 0 Å². The van der Waals surface area contributed by atoms with Gasteiger partial charge in [0.2, 0.25) is 5.88 Å². The Morgan fingerprint density at radius 1 is 1.11 bits per heavy atom. The Kier molecular flexibility index (Phi) is 4.60. The maximum atomic E-state index is 6.05. The number of nitrogens with zero attached hydrogens (tertiary/aromatic N) is 2. The number of ether oxygens (including phenoxy) is 3. The molecule has 1 aromatic heterocycles. The van der Waals surface area contributed by atoms with Gasteiger partial charge in [0.25, 0.3) is 0 Å². The van der Waals surface area contributed by atoms with E-state index in [0.717, 1.165) is 11.3 Å². The number of hydrogen-bond donors (Lipinski definition) is 2. The number of rotatable bonds is 4. The lowest BCUT2D eigenvalue weighted by Gasteiger charge is -2.13. The summed E-state index contributed by atoms with van der Waals surface area (Å²) in [4.78, 5) is 8.60. The Labute approximate surface area is 161 Å². The Hall–Kier alpha value is -3.19. The van der Waals surface area contributed by atoms with Gasteiger partial charge in [0.1, 0.15) is 29.3 Å². The van der Waals surface area contributed by atoms with E-state index in [9.17, 15) is 0 Å². The molecule has 0 saturated carbocycles. The fraction of sp³-hybridized carbons (Fsp3) is 0.158. The number of hydrogen-bond acceptors (Lipinski definition) is 7. The van der Waals surface area contributed by atoms with Crippen molar-refractivity contribution in [1.82, 2.24) is 9.97 Å². The summed E-state index contributed by atoms with van der Waals surface area (Å²) in [5.41, 5.74) is 2.38. The minimum absolute atomic E-state index is 0.413. The van der Waals surface area contributed by atoms with E-state index < -0.39 is 0 Å². The minimum Gasteiger partial charge on any atom is -0.496 e. The van der Waals surface area contributed by atoms with Gasteiger partial charge in [-0.15, -0.1) is 0 Å². The van der Waals surface area contributed by atoms with Gasteiger partial charge in [0, 0.05) is 29.4 Å². The Bertz CT molecular complexity index is 979. The molecule has 4 rings (SSSR count). The van der Waals surface area contributed by atoms with Crippen LogP contribution in [0.15, 0.2) is 42.7 Å². The maximum absolute atomic E-state index is 6.05. The topological polar surface area (TPSA) is 77.5 Å². The number of halogens is 1. The molecule has 7 nitrogen and oxygen atoms in total. The molecule has 0 spiro atoms. The van der Waals surface area contributed by atoms with E-state index in [1.165, 1.54) is 6.33 Å². The molecule has 2 N–H and O–H groups in total. The molecule has 1 aliphatic heterocycles.